The van der Waals surface area contributed by atoms with Crippen LogP contribution in [0.1, 0.15) is 11.9 Å². The lowest BCUT2D eigenvalue weighted by molar-refractivity contribution is -0.384. The Kier molecular flexibility index (Phi) is 3.98. The smallest absolute Gasteiger partial charge is 0.296 e. The molecular weight excluding hydrogens is 312 g/mol. The molecule has 1 aromatic heterocycles. The molecule has 1 unspecified atom stereocenters. The highest BCUT2D eigenvalue weighted by Crippen LogP contribution is 2.28. The van der Waals surface area contributed by atoms with Crippen molar-refractivity contribution in [2.75, 3.05) is 0 Å². The van der Waals surface area contributed by atoms with E-state index in [2.05, 4.69) is 20.2 Å². The van der Waals surface area contributed by atoms with Crippen molar-refractivity contribution in [3.63, 3.8) is 0 Å². The SMILES string of the molecule is NC(=O)C(N=Nc1ccccc1[N+](=O)[O-])c1nc2ccccc2[nH]1. The molecule has 0 radical (unpaired) electrons. The molecular formula is C15H12N6O3. The predicted octanol–water partition coefficient (Wildman–Crippen LogP) is 2.78. The number of rotatable bonds is 5. The Morgan fingerprint density at radius 2 is 1.92 bits per heavy atom. The number of imidazole rings is 1. The first-order valence-electron chi connectivity index (χ1n) is 6.94. The second kappa shape index (κ2) is 6.24. The van der Waals surface area contributed by atoms with Crippen LogP contribution in [0.25, 0.3) is 11.0 Å². The van der Waals surface area contributed by atoms with Gasteiger partial charge < -0.3 is 10.7 Å². The summed E-state index contributed by atoms with van der Waals surface area (Å²) in [5, 5.41) is 18.7. The number of primary amides is 1. The van der Waals surface area contributed by atoms with Crippen LogP contribution >= 0.6 is 0 Å². The van der Waals surface area contributed by atoms with Crippen molar-refractivity contribution in [1.82, 2.24) is 9.97 Å². The van der Waals surface area contributed by atoms with Gasteiger partial charge in [0.15, 0.2) is 5.69 Å². The zero-order valence-corrected chi connectivity index (χ0v) is 12.3. The zero-order valence-electron chi connectivity index (χ0n) is 12.3. The van der Waals surface area contributed by atoms with Gasteiger partial charge in [0.1, 0.15) is 5.82 Å². The summed E-state index contributed by atoms with van der Waals surface area (Å²) in [6.45, 7) is 0. The van der Waals surface area contributed by atoms with Gasteiger partial charge in [-0.1, -0.05) is 24.3 Å². The minimum atomic E-state index is -1.17. The van der Waals surface area contributed by atoms with Crippen molar-refractivity contribution < 1.29 is 9.72 Å². The van der Waals surface area contributed by atoms with Crippen molar-refractivity contribution in [1.29, 1.82) is 0 Å². The van der Waals surface area contributed by atoms with Crippen LogP contribution in [0.2, 0.25) is 0 Å². The van der Waals surface area contributed by atoms with Gasteiger partial charge >= 0.3 is 0 Å². The molecule has 2 aromatic carbocycles. The molecule has 0 saturated carbocycles. The minimum absolute atomic E-state index is 0.0323. The van der Waals surface area contributed by atoms with Gasteiger partial charge in [-0.15, -0.1) is 5.11 Å². The molecule has 3 N–H and O–H groups in total. The van der Waals surface area contributed by atoms with Crippen molar-refractivity contribution >= 4 is 28.3 Å². The van der Waals surface area contributed by atoms with Gasteiger partial charge in [-0.3, -0.25) is 14.9 Å². The third kappa shape index (κ3) is 2.95. The van der Waals surface area contributed by atoms with E-state index in [-0.39, 0.29) is 17.2 Å². The molecule has 0 fully saturated rings. The normalized spacial score (nSPS) is 12.5. The number of amides is 1. The maximum absolute atomic E-state index is 11.7. The molecule has 120 valence electrons. The maximum Gasteiger partial charge on any atom is 0.296 e. The number of H-pyrrole nitrogens is 1. The molecule has 9 heteroatoms. The van der Waals surface area contributed by atoms with Gasteiger partial charge in [0, 0.05) is 6.07 Å². The first-order valence-corrected chi connectivity index (χ1v) is 6.94. The number of fused-ring (bicyclic) bond motifs is 1. The van der Waals surface area contributed by atoms with Crippen LogP contribution in [0.3, 0.4) is 0 Å². The molecule has 0 bridgehead atoms. The Balaban J connectivity index is 1.98. The molecule has 0 saturated heterocycles. The molecule has 0 aliphatic heterocycles. The highest BCUT2D eigenvalue weighted by Gasteiger charge is 2.22. The van der Waals surface area contributed by atoms with E-state index in [0.717, 1.165) is 5.52 Å². The first kappa shape index (κ1) is 15.3. The van der Waals surface area contributed by atoms with E-state index in [1.807, 2.05) is 6.07 Å². The fourth-order valence-corrected chi connectivity index (χ4v) is 2.17. The second-order valence-electron chi connectivity index (χ2n) is 4.91. The summed E-state index contributed by atoms with van der Waals surface area (Å²) >= 11 is 0. The molecule has 1 atom stereocenters. The summed E-state index contributed by atoms with van der Waals surface area (Å²) in [7, 11) is 0. The number of hydrogen-bond donors (Lipinski definition) is 2. The molecule has 1 amide bonds. The lowest BCUT2D eigenvalue weighted by Crippen LogP contribution is -2.20. The second-order valence-corrected chi connectivity index (χ2v) is 4.91. The summed E-state index contributed by atoms with van der Waals surface area (Å²) in [4.78, 5) is 29.3. The number of aromatic amines is 1. The highest BCUT2D eigenvalue weighted by atomic mass is 16.6. The number of aromatic nitrogens is 2. The Labute approximate surface area is 135 Å². The van der Waals surface area contributed by atoms with Gasteiger partial charge in [0.2, 0.25) is 6.04 Å². The molecule has 24 heavy (non-hydrogen) atoms. The van der Waals surface area contributed by atoms with E-state index in [0.29, 0.717) is 5.52 Å². The summed E-state index contributed by atoms with van der Waals surface area (Å²) in [6.07, 6.45) is 0. The van der Waals surface area contributed by atoms with E-state index in [1.54, 1.807) is 24.3 Å². The van der Waals surface area contributed by atoms with Gasteiger partial charge in [-0.05, 0) is 18.2 Å². The van der Waals surface area contributed by atoms with Crippen LogP contribution in [0, 0.1) is 10.1 Å². The maximum atomic E-state index is 11.7. The van der Waals surface area contributed by atoms with Crippen LogP contribution in [-0.2, 0) is 4.79 Å². The molecule has 3 rings (SSSR count). The quantitative estimate of drug-likeness (QED) is 0.423. The number of hydrogen-bond acceptors (Lipinski definition) is 6. The van der Waals surface area contributed by atoms with Crippen LogP contribution in [-0.4, -0.2) is 20.8 Å². The summed E-state index contributed by atoms with van der Waals surface area (Å²) in [6, 6.07) is 11.9. The van der Waals surface area contributed by atoms with Crippen LogP contribution in [0.5, 0.6) is 0 Å². The summed E-state index contributed by atoms with van der Waals surface area (Å²) in [5.41, 5.74) is 6.56. The Bertz CT molecular complexity index is 916. The number of azo groups is 1. The number of nitrogens with zero attached hydrogens (tertiary/aromatic N) is 4. The molecule has 0 spiro atoms. The number of benzene rings is 2. The molecule has 0 aliphatic rings. The van der Waals surface area contributed by atoms with Crippen LogP contribution < -0.4 is 5.73 Å². The summed E-state index contributed by atoms with van der Waals surface area (Å²) in [5.74, 6) is -0.539. The third-order valence-electron chi connectivity index (χ3n) is 3.30. The van der Waals surface area contributed by atoms with E-state index >= 15 is 0 Å². The van der Waals surface area contributed by atoms with E-state index < -0.39 is 16.9 Å². The lowest BCUT2D eigenvalue weighted by Gasteiger charge is -2.03. The van der Waals surface area contributed by atoms with Gasteiger partial charge in [0.05, 0.1) is 16.0 Å². The molecule has 9 nitrogen and oxygen atoms in total. The Morgan fingerprint density at radius 3 is 2.62 bits per heavy atom. The Morgan fingerprint density at radius 1 is 1.21 bits per heavy atom. The van der Waals surface area contributed by atoms with Gasteiger partial charge in [-0.25, -0.2) is 4.98 Å². The zero-order chi connectivity index (χ0) is 17.1. The van der Waals surface area contributed by atoms with Gasteiger partial charge in [-0.2, -0.15) is 5.11 Å². The van der Waals surface area contributed by atoms with Crippen molar-refractivity contribution in [2.24, 2.45) is 16.0 Å². The Hall–Kier alpha value is -3.62. The van der Waals surface area contributed by atoms with Gasteiger partial charge in [0.25, 0.3) is 11.6 Å². The highest BCUT2D eigenvalue weighted by molar-refractivity contribution is 5.83. The minimum Gasteiger partial charge on any atom is -0.367 e. The number of nitrogens with two attached hydrogens (primary N) is 1. The average Bonchev–Trinajstić information content (AvgIpc) is 2.98. The standard InChI is InChI=1S/C15H12N6O3/c16-14(22)13(15-17-9-5-1-2-6-10(9)18-15)20-19-11-7-3-4-8-12(11)21(23)24/h1-8,13H,(H2,16,22)(H,17,18). The lowest BCUT2D eigenvalue weighted by atomic mass is 10.3. The monoisotopic (exact) mass is 324 g/mol. The third-order valence-corrected chi connectivity index (χ3v) is 3.30. The fourth-order valence-electron chi connectivity index (χ4n) is 2.17. The topological polar surface area (TPSA) is 140 Å². The number of carbonyl (C=O) groups is 1. The van der Waals surface area contributed by atoms with E-state index in [1.165, 1.54) is 18.2 Å². The fraction of sp³-hybridized carbons (Fsp3) is 0.0667. The largest absolute Gasteiger partial charge is 0.367 e. The molecule has 3 aromatic rings. The molecule has 0 aliphatic carbocycles. The predicted molar refractivity (Wildman–Crippen MR) is 85.6 cm³/mol. The van der Waals surface area contributed by atoms with E-state index in [4.69, 9.17) is 5.73 Å². The number of nitro benzene ring substituents is 1. The van der Waals surface area contributed by atoms with Crippen LogP contribution in [0.4, 0.5) is 11.4 Å². The molecule has 1 heterocycles. The number of carbonyl (C=O) groups excluding carboxylic acids is 1. The number of para-hydroxylation sites is 3. The number of nitro groups is 1. The first-order chi connectivity index (χ1) is 11.6. The van der Waals surface area contributed by atoms with E-state index in [9.17, 15) is 14.9 Å². The average molecular weight is 324 g/mol. The van der Waals surface area contributed by atoms with Crippen molar-refractivity contribution in [3.8, 4) is 0 Å². The number of nitrogens with one attached hydrogen (secondary N) is 1. The van der Waals surface area contributed by atoms with Crippen molar-refractivity contribution in [3.05, 3.63) is 64.5 Å². The van der Waals surface area contributed by atoms with Crippen LogP contribution in [0.15, 0.2) is 58.8 Å². The van der Waals surface area contributed by atoms with Crippen molar-refractivity contribution in [2.45, 2.75) is 6.04 Å². The summed E-state index contributed by atoms with van der Waals surface area (Å²) < 4.78 is 0.